The molecule has 0 saturated heterocycles. The topological polar surface area (TPSA) is 94.0 Å². The zero-order valence-electron chi connectivity index (χ0n) is 10.2. The van der Waals surface area contributed by atoms with E-state index in [-0.39, 0.29) is 5.91 Å². The van der Waals surface area contributed by atoms with Crippen molar-refractivity contribution in [3.63, 3.8) is 0 Å². The maximum absolute atomic E-state index is 12.0. The maximum atomic E-state index is 12.0. The van der Waals surface area contributed by atoms with Gasteiger partial charge in [-0.25, -0.2) is 4.98 Å². The Labute approximate surface area is 109 Å². The fourth-order valence-electron chi connectivity index (χ4n) is 1.41. The van der Waals surface area contributed by atoms with Crippen LogP contribution in [0.3, 0.4) is 0 Å². The molecule has 0 fully saturated rings. The molecule has 1 aromatic heterocycles. The molecule has 6 heteroatoms. The molecule has 0 spiro atoms. The molecule has 1 heterocycles. The van der Waals surface area contributed by atoms with Gasteiger partial charge in [-0.1, -0.05) is 0 Å². The van der Waals surface area contributed by atoms with Crippen molar-refractivity contribution in [1.82, 2.24) is 4.98 Å². The van der Waals surface area contributed by atoms with Crippen LogP contribution in [0.4, 0.5) is 16.5 Å². The smallest absolute Gasteiger partial charge is 0.257 e. The van der Waals surface area contributed by atoms with Gasteiger partial charge in [-0.15, -0.1) is 11.3 Å². The van der Waals surface area contributed by atoms with Crippen LogP contribution in [0.5, 0.6) is 0 Å². The highest BCUT2D eigenvalue weighted by molar-refractivity contribution is 7.15. The average Bonchev–Trinajstić information content (AvgIpc) is 2.61. The molecule has 0 aliphatic carbocycles. The van der Waals surface area contributed by atoms with Crippen molar-refractivity contribution in [2.75, 3.05) is 16.8 Å². The summed E-state index contributed by atoms with van der Waals surface area (Å²) in [5, 5.41) is 3.33. The van der Waals surface area contributed by atoms with E-state index in [2.05, 4.69) is 10.3 Å². The van der Waals surface area contributed by atoms with Crippen molar-refractivity contribution in [2.45, 2.75) is 13.8 Å². The molecule has 0 saturated carbocycles. The molecule has 18 heavy (non-hydrogen) atoms. The van der Waals surface area contributed by atoms with Crippen LogP contribution in [0.2, 0.25) is 0 Å². The molecule has 0 bridgehead atoms. The van der Waals surface area contributed by atoms with E-state index in [4.69, 9.17) is 11.5 Å². The van der Waals surface area contributed by atoms with Gasteiger partial charge in [0.05, 0.1) is 17.1 Å². The second-order valence-electron chi connectivity index (χ2n) is 3.96. The Bertz CT molecular complexity index is 587. The second kappa shape index (κ2) is 4.66. The number of benzene rings is 1. The summed E-state index contributed by atoms with van der Waals surface area (Å²) in [5.74, 6) is -0.240. The Kier molecular flexibility index (Phi) is 3.20. The molecule has 0 atom stereocenters. The van der Waals surface area contributed by atoms with Gasteiger partial charge >= 0.3 is 0 Å². The number of aromatic nitrogens is 1. The van der Waals surface area contributed by atoms with Crippen LogP contribution in [-0.2, 0) is 0 Å². The normalized spacial score (nSPS) is 10.3. The number of hydrogen-bond donors (Lipinski definition) is 3. The molecule has 2 aromatic rings. The third kappa shape index (κ3) is 2.43. The van der Waals surface area contributed by atoms with Gasteiger partial charge in [-0.05, 0) is 32.0 Å². The Balaban J connectivity index is 2.19. The van der Waals surface area contributed by atoms with Crippen LogP contribution >= 0.6 is 11.3 Å². The molecule has 1 aromatic carbocycles. The van der Waals surface area contributed by atoms with E-state index < -0.39 is 0 Å². The van der Waals surface area contributed by atoms with Gasteiger partial charge in [0, 0.05) is 10.4 Å². The highest BCUT2D eigenvalue weighted by Gasteiger charge is 2.10. The summed E-state index contributed by atoms with van der Waals surface area (Å²) in [7, 11) is 0. The number of nitrogens with two attached hydrogens (primary N) is 2. The second-order valence-corrected chi connectivity index (χ2v) is 5.16. The van der Waals surface area contributed by atoms with Gasteiger partial charge in [0.15, 0.2) is 5.13 Å². The van der Waals surface area contributed by atoms with E-state index in [1.807, 2.05) is 13.8 Å². The monoisotopic (exact) mass is 262 g/mol. The van der Waals surface area contributed by atoms with Crippen molar-refractivity contribution in [3.8, 4) is 0 Å². The number of nitrogens with zero attached hydrogens (tertiary/aromatic N) is 1. The number of amides is 1. The van der Waals surface area contributed by atoms with E-state index in [1.165, 1.54) is 11.3 Å². The Hall–Kier alpha value is -2.08. The number of nitrogens with one attached hydrogen (secondary N) is 1. The first kappa shape index (κ1) is 12.4. The summed E-state index contributed by atoms with van der Waals surface area (Å²) >= 11 is 1.45. The first-order valence-corrected chi connectivity index (χ1v) is 6.19. The average molecular weight is 262 g/mol. The van der Waals surface area contributed by atoms with E-state index in [9.17, 15) is 4.79 Å². The lowest BCUT2D eigenvalue weighted by Crippen LogP contribution is -2.12. The minimum absolute atomic E-state index is 0.240. The third-order valence-electron chi connectivity index (χ3n) is 2.60. The highest BCUT2D eigenvalue weighted by Crippen LogP contribution is 2.22. The molecule has 0 aliphatic rings. The van der Waals surface area contributed by atoms with Gasteiger partial charge in [0.1, 0.15) is 0 Å². The number of anilines is 3. The fourth-order valence-corrected chi connectivity index (χ4v) is 2.22. The van der Waals surface area contributed by atoms with Gasteiger partial charge in [-0.3, -0.25) is 10.1 Å². The summed E-state index contributed by atoms with van der Waals surface area (Å²) in [5.41, 5.74) is 13.5. The van der Waals surface area contributed by atoms with Crippen LogP contribution in [-0.4, -0.2) is 10.9 Å². The van der Waals surface area contributed by atoms with E-state index in [0.717, 1.165) is 10.6 Å². The summed E-state index contributed by atoms with van der Waals surface area (Å²) < 4.78 is 0. The standard InChI is InChI=1S/C12H14N4OS/c1-6-7(2)18-12(15-6)16-11(17)8-3-4-9(13)10(14)5-8/h3-5H,13-14H2,1-2H3,(H,15,16,17). The van der Waals surface area contributed by atoms with Crippen LogP contribution in [0.25, 0.3) is 0 Å². The Morgan fingerprint density at radius 3 is 2.56 bits per heavy atom. The van der Waals surface area contributed by atoms with Gasteiger partial charge < -0.3 is 11.5 Å². The van der Waals surface area contributed by atoms with Crippen LogP contribution in [0.15, 0.2) is 18.2 Å². The highest BCUT2D eigenvalue weighted by atomic mass is 32.1. The van der Waals surface area contributed by atoms with Crippen LogP contribution in [0, 0.1) is 13.8 Å². The largest absolute Gasteiger partial charge is 0.397 e. The lowest BCUT2D eigenvalue weighted by Gasteiger charge is -2.04. The van der Waals surface area contributed by atoms with Crippen molar-refractivity contribution in [3.05, 3.63) is 34.3 Å². The summed E-state index contributed by atoms with van der Waals surface area (Å²) in [4.78, 5) is 17.3. The van der Waals surface area contributed by atoms with Gasteiger partial charge in [0.25, 0.3) is 5.91 Å². The van der Waals surface area contributed by atoms with Gasteiger partial charge in [-0.2, -0.15) is 0 Å². The minimum atomic E-state index is -0.240. The molecule has 94 valence electrons. The lowest BCUT2D eigenvalue weighted by molar-refractivity contribution is 0.102. The summed E-state index contributed by atoms with van der Waals surface area (Å²) in [6.07, 6.45) is 0. The SMILES string of the molecule is Cc1nc(NC(=O)c2ccc(N)c(N)c2)sc1C. The first-order chi connectivity index (χ1) is 8.47. The van der Waals surface area contributed by atoms with Crippen molar-refractivity contribution < 1.29 is 4.79 Å². The number of rotatable bonds is 2. The Morgan fingerprint density at radius 1 is 1.28 bits per heavy atom. The van der Waals surface area contributed by atoms with Gasteiger partial charge in [0.2, 0.25) is 0 Å². The fraction of sp³-hybridized carbons (Fsp3) is 0.167. The molecule has 2 rings (SSSR count). The van der Waals surface area contributed by atoms with Crippen molar-refractivity contribution >= 4 is 33.8 Å². The van der Waals surface area contributed by atoms with E-state index >= 15 is 0 Å². The van der Waals surface area contributed by atoms with Crippen LogP contribution in [0.1, 0.15) is 20.9 Å². The predicted molar refractivity (Wildman–Crippen MR) is 74.8 cm³/mol. The number of hydrogen-bond acceptors (Lipinski definition) is 5. The maximum Gasteiger partial charge on any atom is 0.257 e. The number of thiazole rings is 1. The van der Waals surface area contributed by atoms with Crippen LogP contribution < -0.4 is 16.8 Å². The van der Waals surface area contributed by atoms with E-state index in [1.54, 1.807) is 18.2 Å². The summed E-state index contributed by atoms with van der Waals surface area (Å²) in [6, 6.07) is 4.80. The molecular formula is C12H14N4OS. The van der Waals surface area contributed by atoms with Crippen molar-refractivity contribution in [1.29, 1.82) is 0 Å². The minimum Gasteiger partial charge on any atom is -0.397 e. The van der Waals surface area contributed by atoms with E-state index in [0.29, 0.717) is 22.1 Å². The molecule has 0 aliphatic heterocycles. The quantitative estimate of drug-likeness (QED) is 0.723. The predicted octanol–water partition coefficient (Wildman–Crippen LogP) is 2.18. The molecule has 0 unspecified atom stereocenters. The number of carbonyl (C=O) groups excluding carboxylic acids is 1. The number of aryl methyl sites for hydroxylation is 2. The molecule has 5 nitrogen and oxygen atoms in total. The number of carbonyl (C=O) groups is 1. The van der Waals surface area contributed by atoms with Crippen molar-refractivity contribution in [2.24, 2.45) is 0 Å². The summed E-state index contributed by atoms with van der Waals surface area (Å²) in [6.45, 7) is 3.87. The first-order valence-electron chi connectivity index (χ1n) is 5.37. The zero-order valence-corrected chi connectivity index (χ0v) is 11.0. The molecule has 1 amide bonds. The molecule has 0 radical (unpaired) electrons. The Morgan fingerprint density at radius 2 is 2.00 bits per heavy atom. The zero-order chi connectivity index (χ0) is 13.3. The molecular weight excluding hydrogens is 248 g/mol. The lowest BCUT2D eigenvalue weighted by atomic mass is 10.1. The number of nitrogen functional groups attached to an aromatic ring is 2. The molecule has 5 N–H and O–H groups in total. The third-order valence-corrected chi connectivity index (χ3v) is 3.59.